The van der Waals surface area contributed by atoms with Gasteiger partial charge in [-0.2, -0.15) is 0 Å². The molecule has 1 heterocycles. The third-order valence-corrected chi connectivity index (χ3v) is 2.41. The lowest BCUT2D eigenvalue weighted by molar-refractivity contribution is 0.0801. The topological polar surface area (TPSA) is 46.1 Å². The van der Waals surface area contributed by atoms with Gasteiger partial charge in [0.25, 0.3) is 5.91 Å². The van der Waals surface area contributed by atoms with E-state index in [-0.39, 0.29) is 5.91 Å². The van der Waals surface area contributed by atoms with Crippen LogP contribution in [0, 0.1) is 0 Å². The number of hydrogen-bond acceptors (Lipinski definition) is 4. The molecule has 1 rings (SSSR count). The molecule has 0 unspecified atom stereocenters. The van der Waals surface area contributed by atoms with Crippen molar-refractivity contribution in [2.75, 3.05) is 13.6 Å². The summed E-state index contributed by atoms with van der Waals surface area (Å²) in [6.07, 6.45) is 0. The van der Waals surface area contributed by atoms with Gasteiger partial charge in [0.2, 0.25) is 9.47 Å². The third kappa shape index (κ3) is 1.92. The van der Waals surface area contributed by atoms with Crippen molar-refractivity contribution in [3.63, 3.8) is 0 Å². The first-order valence-electron chi connectivity index (χ1n) is 3.39. The lowest BCUT2D eigenvalue weighted by Crippen LogP contribution is -2.26. The van der Waals surface area contributed by atoms with Crippen LogP contribution in [0.4, 0.5) is 0 Å². The van der Waals surface area contributed by atoms with E-state index in [2.05, 4.69) is 10.2 Å². The predicted octanol–water partition coefficient (Wildman–Crippen LogP) is 1.28. The molecule has 0 saturated carbocycles. The van der Waals surface area contributed by atoms with Gasteiger partial charge in [0.15, 0.2) is 0 Å². The Bertz CT molecular complexity index is 288. The van der Waals surface area contributed by atoms with Crippen LogP contribution in [-0.2, 0) is 0 Å². The van der Waals surface area contributed by atoms with Crippen LogP contribution in [0.1, 0.15) is 16.7 Å². The SMILES string of the molecule is CCN(C)C(=O)c1nnc(Cl)s1. The van der Waals surface area contributed by atoms with Crippen LogP contribution in [0.25, 0.3) is 0 Å². The van der Waals surface area contributed by atoms with Gasteiger partial charge < -0.3 is 4.90 Å². The lowest BCUT2D eigenvalue weighted by Gasteiger charge is -2.10. The Balaban J connectivity index is 2.78. The number of halogens is 1. The highest BCUT2D eigenvalue weighted by molar-refractivity contribution is 7.17. The Kier molecular flexibility index (Phi) is 2.99. The molecule has 0 bridgehead atoms. The Hall–Kier alpha value is -0.680. The minimum Gasteiger partial charge on any atom is -0.340 e. The van der Waals surface area contributed by atoms with Gasteiger partial charge in [-0.1, -0.05) is 11.3 Å². The molecular formula is C6H8ClN3OS. The number of rotatable bonds is 2. The maximum atomic E-state index is 11.4. The Labute approximate surface area is 79.2 Å². The molecule has 4 nitrogen and oxygen atoms in total. The van der Waals surface area contributed by atoms with Crippen molar-refractivity contribution >= 4 is 28.8 Å². The van der Waals surface area contributed by atoms with Crippen LogP contribution in [-0.4, -0.2) is 34.6 Å². The Morgan fingerprint density at radius 1 is 1.67 bits per heavy atom. The zero-order valence-electron chi connectivity index (χ0n) is 6.74. The summed E-state index contributed by atoms with van der Waals surface area (Å²) in [4.78, 5) is 12.9. The van der Waals surface area contributed by atoms with E-state index in [4.69, 9.17) is 11.6 Å². The first-order valence-corrected chi connectivity index (χ1v) is 4.59. The molecule has 1 aromatic heterocycles. The molecule has 0 spiro atoms. The highest BCUT2D eigenvalue weighted by Gasteiger charge is 2.14. The van der Waals surface area contributed by atoms with Crippen LogP contribution in [0.15, 0.2) is 0 Å². The molecule has 0 N–H and O–H groups in total. The van der Waals surface area contributed by atoms with E-state index in [9.17, 15) is 4.79 Å². The monoisotopic (exact) mass is 205 g/mol. The second kappa shape index (κ2) is 3.82. The summed E-state index contributed by atoms with van der Waals surface area (Å²) < 4.78 is 0.294. The molecule has 0 radical (unpaired) electrons. The normalized spacial score (nSPS) is 9.92. The van der Waals surface area contributed by atoms with E-state index in [1.54, 1.807) is 11.9 Å². The molecule has 1 aromatic rings. The number of hydrogen-bond donors (Lipinski definition) is 0. The first kappa shape index (κ1) is 9.41. The molecule has 0 saturated heterocycles. The zero-order valence-corrected chi connectivity index (χ0v) is 8.32. The van der Waals surface area contributed by atoms with E-state index < -0.39 is 0 Å². The van der Waals surface area contributed by atoms with Gasteiger partial charge in [0, 0.05) is 13.6 Å². The summed E-state index contributed by atoms with van der Waals surface area (Å²) >= 11 is 6.62. The standard InChI is InChI=1S/C6H8ClN3OS/c1-3-10(2)5(11)4-8-9-6(7)12-4/h3H2,1-2H3. The van der Waals surface area contributed by atoms with E-state index in [1.165, 1.54) is 0 Å². The van der Waals surface area contributed by atoms with Gasteiger partial charge in [-0.15, -0.1) is 10.2 Å². The van der Waals surface area contributed by atoms with E-state index in [0.29, 0.717) is 16.0 Å². The number of aromatic nitrogens is 2. The average Bonchev–Trinajstić information content (AvgIpc) is 2.49. The third-order valence-electron chi connectivity index (χ3n) is 1.40. The highest BCUT2D eigenvalue weighted by Crippen LogP contribution is 2.15. The summed E-state index contributed by atoms with van der Waals surface area (Å²) in [5, 5.41) is 7.51. The fourth-order valence-electron chi connectivity index (χ4n) is 0.599. The Morgan fingerprint density at radius 3 is 2.75 bits per heavy atom. The van der Waals surface area contributed by atoms with Crippen molar-refractivity contribution in [1.29, 1.82) is 0 Å². The van der Waals surface area contributed by atoms with Crippen LogP contribution in [0.5, 0.6) is 0 Å². The van der Waals surface area contributed by atoms with Gasteiger partial charge in [-0.3, -0.25) is 4.79 Å². The van der Waals surface area contributed by atoms with Gasteiger partial charge >= 0.3 is 0 Å². The van der Waals surface area contributed by atoms with Gasteiger partial charge in [0.05, 0.1) is 0 Å². The van der Waals surface area contributed by atoms with Gasteiger partial charge in [0.1, 0.15) is 0 Å². The van der Waals surface area contributed by atoms with Gasteiger partial charge in [-0.25, -0.2) is 0 Å². The van der Waals surface area contributed by atoms with Crippen LogP contribution >= 0.6 is 22.9 Å². The summed E-state index contributed by atoms with van der Waals surface area (Å²) in [5.74, 6) is -0.137. The van der Waals surface area contributed by atoms with Crippen molar-refractivity contribution in [1.82, 2.24) is 15.1 Å². The minimum atomic E-state index is -0.137. The predicted molar refractivity (Wildman–Crippen MR) is 47.6 cm³/mol. The fraction of sp³-hybridized carbons (Fsp3) is 0.500. The Morgan fingerprint density at radius 2 is 2.33 bits per heavy atom. The van der Waals surface area contributed by atoms with E-state index in [0.717, 1.165) is 11.3 Å². The van der Waals surface area contributed by atoms with E-state index >= 15 is 0 Å². The largest absolute Gasteiger partial charge is 0.340 e. The number of amides is 1. The maximum absolute atomic E-state index is 11.4. The first-order chi connectivity index (χ1) is 5.65. The molecule has 66 valence electrons. The number of nitrogens with zero attached hydrogens (tertiary/aromatic N) is 3. The zero-order chi connectivity index (χ0) is 9.14. The second-order valence-corrected chi connectivity index (χ2v) is 3.74. The quantitative estimate of drug-likeness (QED) is 0.731. The van der Waals surface area contributed by atoms with Crippen molar-refractivity contribution in [2.24, 2.45) is 0 Å². The summed E-state index contributed by atoms with van der Waals surface area (Å²) in [7, 11) is 1.71. The fourth-order valence-corrected chi connectivity index (χ4v) is 1.42. The summed E-state index contributed by atoms with van der Waals surface area (Å²) in [6, 6.07) is 0. The lowest BCUT2D eigenvalue weighted by atomic mass is 10.5. The van der Waals surface area contributed by atoms with Gasteiger partial charge in [-0.05, 0) is 18.5 Å². The van der Waals surface area contributed by atoms with Crippen LogP contribution < -0.4 is 0 Å². The molecular weight excluding hydrogens is 198 g/mol. The molecule has 0 fully saturated rings. The summed E-state index contributed by atoms with van der Waals surface area (Å²) in [6.45, 7) is 2.54. The highest BCUT2D eigenvalue weighted by atomic mass is 35.5. The number of carbonyl (C=O) groups is 1. The minimum absolute atomic E-state index is 0.137. The van der Waals surface area contributed by atoms with E-state index in [1.807, 2.05) is 6.92 Å². The maximum Gasteiger partial charge on any atom is 0.284 e. The second-order valence-electron chi connectivity index (χ2n) is 2.18. The van der Waals surface area contributed by atoms with Crippen LogP contribution in [0.3, 0.4) is 0 Å². The molecule has 12 heavy (non-hydrogen) atoms. The molecule has 0 aromatic carbocycles. The molecule has 0 aliphatic rings. The average molecular weight is 206 g/mol. The number of carbonyl (C=O) groups excluding carboxylic acids is 1. The molecule has 0 aliphatic heterocycles. The molecule has 0 atom stereocenters. The van der Waals surface area contributed by atoms with Crippen molar-refractivity contribution in [2.45, 2.75) is 6.92 Å². The molecule has 6 heteroatoms. The molecule has 1 amide bonds. The van der Waals surface area contributed by atoms with Crippen LogP contribution in [0.2, 0.25) is 4.47 Å². The van der Waals surface area contributed by atoms with Crippen molar-refractivity contribution in [3.05, 3.63) is 9.47 Å². The van der Waals surface area contributed by atoms with Crippen molar-refractivity contribution < 1.29 is 4.79 Å². The van der Waals surface area contributed by atoms with Crippen molar-refractivity contribution in [3.8, 4) is 0 Å². The summed E-state index contributed by atoms with van der Waals surface area (Å²) in [5.41, 5.74) is 0. The molecule has 0 aliphatic carbocycles. The smallest absolute Gasteiger partial charge is 0.284 e.